The number of fused-ring (bicyclic) bond motifs is 1. The van der Waals surface area contributed by atoms with Crippen LogP contribution in [0.2, 0.25) is 0 Å². The third-order valence-corrected chi connectivity index (χ3v) is 3.55. The second-order valence-electron chi connectivity index (χ2n) is 4.10. The maximum absolute atomic E-state index is 12.6. The van der Waals surface area contributed by atoms with E-state index in [1.807, 2.05) is 0 Å². The van der Waals surface area contributed by atoms with Gasteiger partial charge in [-0.2, -0.15) is 27.9 Å². The van der Waals surface area contributed by atoms with E-state index in [0.29, 0.717) is 15.6 Å². The lowest BCUT2D eigenvalue weighted by molar-refractivity contribution is -0.137. The molecule has 0 aliphatic carbocycles. The molecule has 0 fully saturated rings. The lowest BCUT2D eigenvalue weighted by Gasteiger charge is -2.08. The Morgan fingerprint density at radius 1 is 1.19 bits per heavy atom. The fraction of sp³-hybridized carbons (Fsp3) is 0.0833. The zero-order valence-electron chi connectivity index (χ0n) is 10.3. The molecule has 0 saturated heterocycles. The standard InChI is InChI=1S/C12H7F3N4OS/c13-12(14,15)7-2-1-3-8(6-7)21-10-5-4-9-16-17-11(20)19(9)18-10/h1-6H,(H,17,20). The predicted molar refractivity (Wildman–Crippen MR) is 69.2 cm³/mol. The quantitative estimate of drug-likeness (QED) is 0.790. The summed E-state index contributed by atoms with van der Waals surface area (Å²) in [4.78, 5) is 11.8. The van der Waals surface area contributed by atoms with E-state index in [2.05, 4.69) is 15.3 Å². The number of H-pyrrole nitrogens is 1. The van der Waals surface area contributed by atoms with Crippen molar-refractivity contribution in [1.82, 2.24) is 19.8 Å². The van der Waals surface area contributed by atoms with Gasteiger partial charge in [-0.1, -0.05) is 17.8 Å². The van der Waals surface area contributed by atoms with Gasteiger partial charge in [0.05, 0.1) is 5.56 Å². The first-order valence-corrected chi connectivity index (χ1v) is 6.55. The van der Waals surface area contributed by atoms with Crippen molar-refractivity contribution in [3.63, 3.8) is 0 Å². The second-order valence-corrected chi connectivity index (χ2v) is 5.19. The van der Waals surface area contributed by atoms with Gasteiger partial charge in [-0.25, -0.2) is 9.89 Å². The molecular formula is C12H7F3N4OS. The molecule has 0 aliphatic rings. The van der Waals surface area contributed by atoms with E-state index in [1.54, 1.807) is 18.2 Å². The minimum atomic E-state index is -4.39. The van der Waals surface area contributed by atoms with Gasteiger partial charge in [0, 0.05) is 4.90 Å². The third kappa shape index (κ3) is 2.77. The molecule has 3 aromatic rings. The lowest BCUT2D eigenvalue weighted by Crippen LogP contribution is -2.12. The summed E-state index contributed by atoms with van der Waals surface area (Å²) in [6, 6.07) is 8.05. The van der Waals surface area contributed by atoms with Crippen LogP contribution in [0.25, 0.3) is 5.65 Å². The Bertz CT molecular complexity index is 855. The lowest BCUT2D eigenvalue weighted by atomic mass is 10.2. The Morgan fingerprint density at radius 2 is 2.00 bits per heavy atom. The molecule has 0 spiro atoms. The van der Waals surface area contributed by atoms with Crippen LogP contribution in [-0.2, 0) is 6.18 Å². The van der Waals surface area contributed by atoms with Crippen molar-refractivity contribution >= 4 is 17.4 Å². The van der Waals surface area contributed by atoms with Crippen LogP contribution in [0, 0.1) is 0 Å². The first-order chi connectivity index (χ1) is 9.93. The highest BCUT2D eigenvalue weighted by Gasteiger charge is 2.30. The number of hydrogen-bond acceptors (Lipinski definition) is 4. The molecule has 1 aromatic carbocycles. The molecule has 3 rings (SSSR count). The van der Waals surface area contributed by atoms with Crippen molar-refractivity contribution in [2.45, 2.75) is 16.1 Å². The van der Waals surface area contributed by atoms with Gasteiger partial charge in [0.2, 0.25) is 0 Å². The molecule has 0 amide bonds. The van der Waals surface area contributed by atoms with Gasteiger partial charge in [-0.15, -0.1) is 0 Å². The van der Waals surface area contributed by atoms with Crippen molar-refractivity contribution in [2.75, 3.05) is 0 Å². The molecular weight excluding hydrogens is 305 g/mol. The van der Waals surface area contributed by atoms with Crippen LogP contribution in [0.15, 0.2) is 51.1 Å². The molecule has 108 valence electrons. The summed E-state index contributed by atoms with van der Waals surface area (Å²) in [5, 5.41) is 10.4. The Kier molecular flexibility index (Phi) is 3.20. The monoisotopic (exact) mass is 312 g/mol. The number of nitrogens with zero attached hydrogens (tertiary/aromatic N) is 3. The van der Waals surface area contributed by atoms with Crippen LogP contribution in [-0.4, -0.2) is 19.8 Å². The minimum Gasteiger partial charge on any atom is -0.244 e. The average Bonchev–Trinajstić information content (AvgIpc) is 2.80. The number of benzene rings is 1. The molecule has 5 nitrogen and oxygen atoms in total. The van der Waals surface area contributed by atoms with Gasteiger partial charge >= 0.3 is 11.9 Å². The van der Waals surface area contributed by atoms with Crippen LogP contribution < -0.4 is 5.69 Å². The van der Waals surface area contributed by atoms with Crippen molar-refractivity contribution in [3.05, 3.63) is 52.4 Å². The molecule has 0 atom stereocenters. The van der Waals surface area contributed by atoms with E-state index in [1.165, 1.54) is 6.07 Å². The summed E-state index contributed by atoms with van der Waals surface area (Å²) in [6.45, 7) is 0. The van der Waals surface area contributed by atoms with E-state index in [4.69, 9.17) is 0 Å². The van der Waals surface area contributed by atoms with Crippen LogP contribution in [0.5, 0.6) is 0 Å². The van der Waals surface area contributed by atoms with Gasteiger partial charge in [0.1, 0.15) is 5.03 Å². The summed E-state index contributed by atoms with van der Waals surface area (Å²) in [7, 11) is 0. The molecule has 0 aliphatic heterocycles. The van der Waals surface area contributed by atoms with E-state index in [0.717, 1.165) is 28.4 Å². The van der Waals surface area contributed by atoms with E-state index >= 15 is 0 Å². The Labute approximate surface area is 119 Å². The first-order valence-electron chi connectivity index (χ1n) is 5.73. The van der Waals surface area contributed by atoms with Crippen LogP contribution >= 0.6 is 11.8 Å². The smallest absolute Gasteiger partial charge is 0.244 e. The van der Waals surface area contributed by atoms with E-state index in [-0.39, 0.29) is 0 Å². The fourth-order valence-corrected chi connectivity index (χ4v) is 2.53. The highest BCUT2D eigenvalue weighted by atomic mass is 32.2. The molecule has 2 heterocycles. The molecule has 0 saturated carbocycles. The molecule has 0 radical (unpaired) electrons. The number of aromatic nitrogens is 4. The summed E-state index contributed by atoms with van der Waals surface area (Å²) >= 11 is 1.03. The molecule has 1 N–H and O–H groups in total. The highest BCUT2D eigenvalue weighted by molar-refractivity contribution is 7.99. The summed E-state index contributed by atoms with van der Waals surface area (Å²) in [6.07, 6.45) is -4.39. The zero-order valence-corrected chi connectivity index (χ0v) is 11.1. The van der Waals surface area contributed by atoms with E-state index in [9.17, 15) is 18.0 Å². The third-order valence-electron chi connectivity index (χ3n) is 2.63. The topological polar surface area (TPSA) is 63.0 Å². The van der Waals surface area contributed by atoms with Gasteiger partial charge < -0.3 is 0 Å². The van der Waals surface area contributed by atoms with Gasteiger partial charge in [0.15, 0.2) is 5.65 Å². The number of aromatic amines is 1. The fourth-order valence-electron chi connectivity index (χ4n) is 1.70. The van der Waals surface area contributed by atoms with Crippen molar-refractivity contribution < 1.29 is 13.2 Å². The molecule has 0 bridgehead atoms. The van der Waals surface area contributed by atoms with Gasteiger partial charge in [0.25, 0.3) is 0 Å². The first kappa shape index (κ1) is 13.7. The number of halogens is 3. The van der Waals surface area contributed by atoms with Crippen molar-refractivity contribution in [2.24, 2.45) is 0 Å². The van der Waals surface area contributed by atoms with Gasteiger partial charge in [-0.05, 0) is 30.3 Å². The maximum Gasteiger partial charge on any atom is 0.416 e. The summed E-state index contributed by atoms with van der Waals surface area (Å²) in [5.74, 6) is 0. The van der Waals surface area contributed by atoms with Crippen LogP contribution in [0.3, 0.4) is 0 Å². The molecule has 2 aromatic heterocycles. The van der Waals surface area contributed by atoms with E-state index < -0.39 is 17.4 Å². The van der Waals surface area contributed by atoms with Crippen LogP contribution in [0.1, 0.15) is 5.56 Å². The molecule has 9 heteroatoms. The second kappa shape index (κ2) is 4.92. The number of rotatable bonds is 2. The minimum absolute atomic E-state index is 0.341. The Balaban J connectivity index is 1.95. The largest absolute Gasteiger partial charge is 0.416 e. The normalized spacial score (nSPS) is 12.0. The Morgan fingerprint density at radius 3 is 2.76 bits per heavy atom. The maximum atomic E-state index is 12.6. The SMILES string of the molecule is O=c1[nH]nc2ccc(Sc3cccc(C(F)(F)F)c3)nn12. The number of alkyl halides is 3. The predicted octanol–water partition coefficient (Wildman–Crippen LogP) is 2.59. The zero-order chi connectivity index (χ0) is 15.0. The average molecular weight is 312 g/mol. The Hall–Kier alpha value is -2.29. The van der Waals surface area contributed by atoms with Crippen molar-refractivity contribution in [3.8, 4) is 0 Å². The van der Waals surface area contributed by atoms with Gasteiger partial charge in [-0.3, -0.25) is 0 Å². The number of nitrogens with one attached hydrogen (secondary N) is 1. The number of hydrogen-bond donors (Lipinski definition) is 1. The van der Waals surface area contributed by atoms with Crippen LogP contribution in [0.4, 0.5) is 13.2 Å². The molecule has 0 unspecified atom stereocenters. The van der Waals surface area contributed by atoms with Crippen molar-refractivity contribution in [1.29, 1.82) is 0 Å². The summed E-state index contributed by atoms with van der Waals surface area (Å²) < 4.78 is 39.0. The summed E-state index contributed by atoms with van der Waals surface area (Å²) in [5.41, 5.74) is -0.890. The molecule has 21 heavy (non-hydrogen) atoms. The highest BCUT2D eigenvalue weighted by Crippen LogP contribution is 2.33.